The highest BCUT2D eigenvalue weighted by molar-refractivity contribution is 9.10. The van der Waals surface area contributed by atoms with E-state index in [4.69, 9.17) is 16.3 Å². The van der Waals surface area contributed by atoms with Crippen LogP contribution in [0.25, 0.3) is 0 Å². The molecule has 0 radical (unpaired) electrons. The molecule has 98 valence electrons. The van der Waals surface area contributed by atoms with Crippen LogP contribution in [-0.2, 0) is 11.3 Å². The number of unbranched alkanes of at least 4 members (excludes halogenated alkanes) is 1. The van der Waals surface area contributed by atoms with Crippen LogP contribution >= 0.6 is 38.9 Å². The molecule has 0 atom stereocenters. The number of hydrogen-bond acceptors (Lipinski definition) is 3. The zero-order valence-electron chi connectivity index (χ0n) is 10.1. The van der Waals surface area contributed by atoms with Crippen molar-refractivity contribution < 1.29 is 4.74 Å². The first-order chi connectivity index (χ1) is 8.24. The van der Waals surface area contributed by atoms with Crippen LogP contribution in [0.4, 0.5) is 0 Å². The van der Waals surface area contributed by atoms with E-state index in [1.165, 1.54) is 11.3 Å². The van der Waals surface area contributed by atoms with Crippen molar-refractivity contribution in [3.8, 4) is 0 Å². The van der Waals surface area contributed by atoms with Crippen molar-refractivity contribution in [2.45, 2.75) is 32.7 Å². The van der Waals surface area contributed by atoms with Gasteiger partial charge in [-0.1, -0.05) is 24.9 Å². The standard InChI is InChI=1S/C12H19BrClNOS/c1-2-3-6-16-7-4-5-15-9-10-8-11(13)12(14)17-10/h8,15H,2-7,9H2,1H3. The van der Waals surface area contributed by atoms with Crippen molar-refractivity contribution in [1.82, 2.24) is 5.32 Å². The predicted molar refractivity (Wildman–Crippen MR) is 79.1 cm³/mol. The van der Waals surface area contributed by atoms with Crippen molar-refractivity contribution in [2.75, 3.05) is 19.8 Å². The Hall–Kier alpha value is 0.390. The van der Waals surface area contributed by atoms with Crippen LogP contribution in [0.15, 0.2) is 10.5 Å². The molecule has 17 heavy (non-hydrogen) atoms. The first-order valence-corrected chi connectivity index (χ1v) is 7.95. The minimum absolute atomic E-state index is 0.824. The SMILES string of the molecule is CCCCOCCCNCc1cc(Br)c(Cl)s1. The van der Waals surface area contributed by atoms with E-state index in [2.05, 4.69) is 34.2 Å². The average molecular weight is 341 g/mol. The Morgan fingerprint density at radius 2 is 2.18 bits per heavy atom. The van der Waals surface area contributed by atoms with Crippen molar-refractivity contribution >= 4 is 38.9 Å². The first kappa shape index (κ1) is 15.4. The van der Waals surface area contributed by atoms with Gasteiger partial charge in [0, 0.05) is 29.1 Å². The van der Waals surface area contributed by atoms with Gasteiger partial charge in [-0.05, 0) is 41.4 Å². The minimum Gasteiger partial charge on any atom is -0.381 e. The van der Waals surface area contributed by atoms with Gasteiger partial charge in [-0.2, -0.15) is 0 Å². The van der Waals surface area contributed by atoms with Gasteiger partial charge in [0.15, 0.2) is 0 Å². The maximum absolute atomic E-state index is 5.96. The monoisotopic (exact) mass is 339 g/mol. The first-order valence-electron chi connectivity index (χ1n) is 5.96. The van der Waals surface area contributed by atoms with Gasteiger partial charge in [-0.3, -0.25) is 0 Å². The summed E-state index contributed by atoms with van der Waals surface area (Å²) in [4.78, 5) is 1.26. The zero-order chi connectivity index (χ0) is 12.5. The number of nitrogens with one attached hydrogen (secondary N) is 1. The lowest BCUT2D eigenvalue weighted by Crippen LogP contribution is -2.15. The molecule has 2 nitrogen and oxygen atoms in total. The molecule has 5 heteroatoms. The van der Waals surface area contributed by atoms with E-state index in [0.717, 1.165) is 48.0 Å². The Balaban J connectivity index is 1.97. The number of ether oxygens (including phenoxy) is 1. The molecule has 1 aromatic rings. The molecule has 1 rings (SSSR count). The molecule has 0 aliphatic rings. The summed E-state index contributed by atoms with van der Waals surface area (Å²) in [5.41, 5.74) is 0. The Morgan fingerprint density at radius 3 is 2.82 bits per heavy atom. The second-order valence-electron chi connectivity index (χ2n) is 3.83. The molecule has 1 N–H and O–H groups in total. The molecule has 0 bridgehead atoms. The number of thiophene rings is 1. The van der Waals surface area contributed by atoms with Crippen LogP contribution in [0.2, 0.25) is 4.34 Å². The van der Waals surface area contributed by atoms with Gasteiger partial charge in [0.25, 0.3) is 0 Å². The van der Waals surface area contributed by atoms with Crippen LogP contribution in [0.1, 0.15) is 31.1 Å². The molecule has 0 amide bonds. The third kappa shape index (κ3) is 6.77. The number of rotatable bonds is 9. The largest absolute Gasteiger partial charge is 0.381 e. The summed E-state index contributed by atoms with van der Waals surface area (Å²) in [6, 6.07) is 2.07. The highest BCUT2D eigenvalue weighted by Gasteiger charge is 2.03. The molecule has 0 fully saturated rings. The van der Waals surface area contributed by atoms with Crippen LogP contribution in [0.3, 0.4) is 0 Å². The maximum atomic E-state index is 5.96. The van der Waals surface area contributed by atoms with Gasteiger partial charge < -0.3 is 10.1 Å². The molecule has 0 spiro atoms. The fraction of sp³-hybridized carbons (Fsp3) is 0.667. The summed E-state index contributed by atoms with van der Waals surface area (Å²) < 4.78 is 7.30. The van der Waals surface area contributed by atoms with E-state index >= 15 is 0 Å². The minimum atomic E-state index is 0.824. The topological polar surface area (TPSA) is 21.3 Å². The van der Waals surface area contributed by atoms with Crippen molar-refractivity contribution in [1.29, 1.82) is 0 Å². The summed E-state index contributed by atoms with van der Waals surface area (Å²) in [5, 5.41) is 3.38. The van der Waals surface area contributed by atoms with Crippen LogP contribution in [0, 0.1) is 0 Å². The molecule has 1 heterocycles. The molecular weight excluding hydrogens is 322 g/mol. The average Bonchev–Trinajstić information content (AvgIpc) is 2.62. The van der Waals surface area contributed by atoms with Gasteiger partial charge in [-0.25, -0.2) is 0 Å². The molecular formula is C12H19BrClNOS. The van der Waals surface area contributed by atoms with Crippen molar-refractivity contribution in [3.63, 3.8) is 0 Å². The lowest BCUT2D eigenvalue weighted by molar-refractivity contribution is 0.129. The van der Waals surface area contributed by atoms with Gasteiger partial charge in [-0.15, -0.1) is 11.3 Å². The van der Waals surface area contributed by atoms with E-state index in [-0.39, 0.29) is 0 Å². The van der Waals surface area contributed by atoms with Crippen molar-refractivity contribution in [3.05, 3.63) is 19.8 Å². The third-order valence-corrected chi connectivity index (χ3v) is 4.75. The van der Waals surface area contributed by atoms with Crippen LogP contribution in [0.5, 0.6) is 0 Å². The molecule has 0 aliphatic carbocycles. The van der Waals surface area contributed by atoms with E-state index in [1.807, 2.05) is 0 Å². The fourth-order valence-corrected chi connectivity index (χ4v) is 3.10. The summed E-state index contributed by atoms with van der Waals surface area (Å²) in [7, 11) is 0. The van der Waals surface area contributed by atoms with E-state index < -0.39 is 0 Å². The Labute approximate surface area is 121 Å². The highest BCUT2D eigenvalue weighted by Crippen LogP contribution is 2.31. The van der Waals surface area contributed by atoms with Gasteiger partial charge >= 0.3 is 0 Å². The predicted octanol–water partition coefficient (Wildman–Crippen LogP) is 4.46. The van der Waals surface area contributed by atoms with E-state index in [9.17, 15) is 0 Å². The Morgan fingerprint density at radius 1 is 1.41 bits per heavy atom. The van der Waals surface area contributed by atoms with Gasteiger partial charge in [0.2, 0.25) is 0 Å². The smallest absolute Gasteiger partial charge is 0.107 e. The second-order valence-corrected chi connectivity index (χ2v) is 6.42. The Kier molecular flexibility index (Phi) is 8.48. The van der Waals surface area contributed by atoms with Gasteiger partial charge in [0.1, 0.15) is 4.34 Å². The summed E-state index contributed by atoms with van der Waals surface area (Å²) in [6.45, 7) is 5.78. The lowest BCUT2D eigenvalue weighted by atomic mass is 10.3. The summed E-state index contributed by atoms with van der Waals surface area (Å²) in [6.07, 6.45) is 3.42. The maximum Gasteiger partial charge on any atom is 0.107 e. The second kappa shape index (κ2) is 9.34. The van der Waals surface area contributed by atoms with Gasteiger partial charge in [0.05, 0.1) is 0 Å². The fourth-order valence-electron chi connectivity index (χ4n) is 1.34. The molecule has 0 aromatic carbocycles. The molecule has 0 aliphatic heterocycles. The normalized spacial score (nSPS) is 11.0. The number of halogens is 2. The molecule has 0 saturated carbocycles. The molecule has 1 aromatic heterocycles. The molecule has 0 saturated heterocycles. The number of hydrogen-bond donors (Lipinski definition) is 1. The summed E-state index contributed by atoms with van der Waals surface area (Å²) in [5.74, 6) is 0. The lowest BCUT2D eigenvalue weighted by Gasteiger charge is -2.04. The Bertz CT molecular complexity index is 300. The van der Waals surface area contributed by atoms with Crippen LogP contribution < -0.4 is 5.32 Å². The highest BCUT2D eigenvalue weighted by atomic mass is 79.9. The quantitative estimate of drug-likeness (QED) is 0.670. The van der Waals surface area contributed by atoms with E-state index in [0.29, 0.717) is 0 Å². The van der Waals surface area contributed by atoms with Crippen LogP contribution in [-0.4, -0.2) is 19.8 Å². The zero-order valence-corrected chi connectivity index (χ0v) is 13.3. The summed E-state index contributed by atoms with van der Waals surface area (Å²) >= 11 is 11.0. The van der Waals surface area contributed by atoms with E-state index in [1.54, 1.807) is 11.3 Å². The third-order valence-electron chi connectivity index (χ3n) is 2.28. The van der Waals surface area contributed by atoms with Crippen molar-refractivity contribution in [2.24, 2.45) is 0 Å². The molecule has 0 unspecified atom stereocenters.